The number of carbonyl (C=O) groups is 7. The van der Waals surface area contributed by atoms with Crippen molar-refractivity contribution >= 4 is 73.1 Å². The maximum Gasteiger partial charge on any atom is 0.326 e. The van der Waals surface area contributed by atoms with Crippen LogP contribution in [-0.2, 0) is 62.6 Å². The first kappa shape index (κ1) is 61.0. The summed E-state index contributed by atoms with van der Waals surface area (Å²) >= 11 is 1.32. The lowest BCUT2D eigenvalue weighted by atomic mass is 10.0. The topological polar surface area (TPSA) is 303 Å². The Morgan fingerprint density at radius 1 is 0.578 bits per heavy atom. The number of hydrogen-bond donors (Lipinski definition) is 8. The number of carbonyl (C=O) groups excluding carboxylic acids is 6. The maximum atomic E-state index is 12.3. The molecule has 5 amide bonds. The Bertz CT molecular complexity index is 1400. The van der Waals surface area contributed by atoms with Gasteiger partial charge in [0.05, 0.1) is 57.2 Å². The summed E-state index contributed by atoms with van der Waals surface area (Å²) in [5, 5.41) is 25.3. The van der Waals surface area contributed by atoms with E-state index in [1.807, 2.05) is 0 Å². The van der Waals surface area contributed by atoms with E-state index >= 15 is 0 Å². The minimum absolute atomic E-state index is 0.0468. The molecule has 64 heavy (non-hydrogen) atoms. The van der Waals surface area contributed by atoms with Gasteiger partial charge in [0, 0.05) is 44.8 Å². The molecule has 0 spiro atoms. The van der Waals surface area contributed by atoms with Crippen LogP contribution in [-0.4, -0.2) is 168 Å². The number of unbranched alkanes of at least 4 members (excludes halogenated alkanes) is 12. The van der Waals surface area contributed by atoms with Crippen molar-refractivity contribution in [2.45, 2.75) is 115 Å². The largest absolute Gasteiger partial charge is 0.480 e. The molecule has 0 fully saturated rings. The first-order chi connectivity index (χ1) is 30.8. The van der Waals surface area contributed by atoms with Crippen molar-refractivity contribution in [3.63, 3.8) is 0 Å². The van der Waals surface area contributed by atoms with E-state index in [2.05, 4.69) is 41.1 Å². The molecule has 24 heteroatoms. The van der Waals surface area contributed by atoms with Gasteiger partial charge in [0.25, 0.3) is 10.1 Å². The van der Waals surface area contributed by atoms with Crippen molar-refractivity contribution in [3.05, 3.63) is 0 Å². The zero-order chi connectivity index (χ0) is 47.5. The molecule has 0 aromatic carbocycles. The number of carboxylic acid groups (broad SMARTS) is 1. The lowest BCUT2D eigenvalue weighted by Crippen LogP contribution is -2.41. The highest BCUT2D eigenvalue weighted by Gasteiger charge is 2.21. The van der Waals surface area contributed by atoms with E-state index in [1.54, 1.807) is 0 Å². The standard InChI is InChI=1S/C40H75N6O15PS2/c47-28-33(46-62)31-63-32-39(52)42-18-17-41-37(50)29-60-25-24-59-22-20-44-38(51)30-61-26-23-58-21-19-43-35(48)16-15-34(40(53)54)45-36(49)14-12-10-8-6-4-2-1-3-5-7-9-11-13-27-64(55,56)57/h28,33-34,46H,1-27,29-32,62H2,(H,41,50)(H,42,52)(H,43,48)(H,44,51)(H,45,49)(H,53,54)(H,55,56,57)/t33-,34-/m1/s1. The highest BCUT2D eigenvalue weighted by Crippen LogP contribution is 2.13. The van der Waals surface area contributed by atoms with Crippen LogP contribution in [0.2, 0.25) is 0 Å². The molecule has 0 rings (SSSR count). The molecule has 0 aromatic heterocycles. The predicted molar refractivity (Wildman–Crippen MR) is 245 cm³/mol. The lowest BCUT2D eigenvalue weighted by Gasteiger charge is -2.14. The van der Waals surface area contributed by atoms with Crippen LogP contribution in [0.5, 0.6) is 0 Å². The van der Waals surface area contributed by atoms with Gasteiger partial charge in [0.1, 0.15) is 25.5 Å². The zero-order valence-electron chi connectivity index (χ0n) is 37.2. The third kappa shape index (κ3) is 42.9. The van der Waals surface area contributed by atoms with Crippen molar-refractivity contribution in [1.29, 1.82) is 0 Å². The van der Waals surface area contributed by atoms with Gasteiger partial charge in [-0.1, -0.05) is 80.0 Å². The SMILES string of the molecule is O=C[C@H](CSCC(=O)NCCNC(=O)COCCOCCNC(=O)COCCOCCNC(=O)CC[C@@H](NC(=O)CCCCCCCCCCCCCCCS(=O)(=O)O)C(=O)O)NP. The van der Waals surface area contributed by atoms with Crippen LogP contribution in [0.25, 0.3) is 0 Å². The number of hydrogen-bond acceptors (Lipinski definition) is 15. The second-order valence-corrected chi connectivity index (χ2v) is 17.7. The number of ether oxygens (including phenoxy) is 4. The molecular formula is C40H75N6O15PS2. The molecule has 0 aliphatic heterocycles. The second-order valence-electron chi connectivity index (χ2n) is 14.8. The van der Waals surface area contributed by atoms with E-state index in [4.69, 9.17) is 23.5 Å². The average molecular weight is 975 g/mol. The molecule has 0 saturated heterocycles. The number of nitrogens with one attached hydrogen (secondary N) is 6. The molecule has 372 valence electrons. The minimum atomic E-state index is -3.85. The Morgan fingerprint density at radius 2 is 1.03 bits per heavy atom. The Morgan fingerprint density at radius 3 is 1.52 bits per heavy atom. The van der Waals surface area contributed by atoms with Gasteiger partial charge in [-0.25, -0.2) is 4.79 Å². The molecule has 0 bridgehead atoms. The maximum absolute atomic E-state index is 12.3. The van der Waals surface area contributed by atoms with Gasteiger partial charge in [-0.05, 0) is 19.3 Å². The van der Waals surface area contributed by atoms with Gasteiger partial charge in [-0.2, -0.15) is 8.42 Å². The molecular weight excluding hydrogens is 900 g/mol. The molecule has 0 heterocycles. The summed E-state index contributed by atoms with van der Waals surface area (Å²) in [4.78, 5) is 82.4. The van der Waals surface area contributed by atoms with E-state index in [-0.39, 0.29) is 145 Å². The Balaban J connectivity index is 3.67. The van der Waals surface area contributed by atoms with Crippen LogP contribution < -0.4 is 31.7 Å². The number of aliphatic carboxylic acids is 1. The van der Waals surface area contributed by atoms with Crippen LogP contribution >= 0.6 is 21.2 Å². The summed E-state index contributed by atoms with van der Waals surface area (Å²) in [5.74, 6) is -2.30. The minimum Gasteiger partial charge on any atom is -0.480 e. The second kappa shape index (κ2) is 42.6. The van der Waals surface area contributed by atoms with Crippen molar-refractivity contribution < 1.29 is 70.6 Å². The summed E-state index contributed by atoms with van der Waals surface area (Å²) in [6.07, 6.45) is 13.5. The van der Waals surface area contributed by atoms with Gasteiger partial charge in [-0.15, -0.1) is 11.8 Å². The summed E-state index contributed by atoms with van der Waals surface area (Å²) < 4.78 is 51.4. The predicted octanol–water partition coefficient (Wildman–Crippen LogP) is 0.897. The van der Waals surface area contributed by atoms with Crippen molar-refractivity contribution in [3.8, 4) is 0 Å². The fourth-order valence-corrected chi connectivity index (χ4v) is 7.43. The Kier molecular flexibility index (Phi) is 40.6. The molecule has 0 aliphatic rings. The lowest BCUT2D eigenvalue weighted by molar-refractivity contribution is -0.142. The molecule has 3 atom stereocenters. The van der Waals surface area contributed by atoms with Crippen molar-refractivity contribution in [2.24, 2.45) is 0 Å². The van der Waals surface area contributed by atoms with Crippen LogP contribution in [0.15, 0.2) is 0 Å². The van der Waals surface area contributed by atoms with Gasteiger partial charge < -0.3 is 55.4 Å². The third-order valence-corrected chi connectivity index (χ3v) is 11.4. The van der Waals surface area contributed by atoms with Gasteiger partial charge in [-0.3, -0.25) is 33.6 Å². The van der Waals surface area contributed by atoms with E-state index in [0.29, 0.717) is 18.6 Å². The van der Waals surface area contributed by atoms with Crippen LogP contribution in [0.3, 0.4) is 0 Å². The van der Waals surface area contributed by atoms with E-state index < -0.39 is 22.1 Å². The number of rotatable bonds is 46. The van der Waals surface area contributed by atoms with Crippen molar-refractivity contribution in [2.75, 3.05) is 96.3 Å². The molecule has 0 saturated carbocycles. The van der Waals surface area contributed by atoms with Gasteiger partial charge >= 0.3 is 5.97 Å². The summed E-state index contributed by atoms with van der Waals surface area (Å²) in [6.45, 7) is 1.71. The average Bonchev–Trinajstić information content (AvgIpc) is 3.25. The highest BCUT2D eigenvalue weighted by atomic mass is 32.2. The fraction of sp³-hybridized carbons (Fsp3) is 0.825. The molecule has 8 N–H and O–H groups in total. The monoisotopic (exact) mass is 974 g/mol. The molecule has 1 unspecified atom stereocenters. The first-order valence-electron chi connectivity index (χ1n) is 22.1. The summed E-state index contributed by atoms with van der Waals surface area (Å²) in [6, 6.07) is -1.50. The van der Waals surface area contributed by atoms with Crippen LogP contribution in [0.1, 0.15) is 103 Å². The molecule has 0 aliphatic carbocycles. The van der Waals surface area contributed by atoms with Gasteiger partial charge in [0.15, 0.2) is 0 Å². The smallest absolute Gasteiger partial charge is 0.326 e. The van der Waals surface area contributed by atoms with Crippen LogP contribution in [0, 0.1) is 0 Å². The normalized spacial score (nSPS) is 12.2. The summed E-state index contributed by atoms with van der Waals surface area (Å²) in [5.41, 5.74) is 0. The van der Waals surface area contributed by atoms with E-state index in [0.717, 1.165) is 76.9 Å². The first-order valence-corrected chi connectivity index (χ1v) is 25.5. The number of thioether (sulfide) groups is 1. The number of amides is 5. The molecule has 0 radical (unpaired) electrons. The molecule has 0 aromatic rings. The third-order valence-electron chi connectivity index (χ3n) is 9.13. The Hall–Kier alpha value is -3.02. The summed E-state index contributed by atoms with van der Waals surface area (Å²) in [7, 11) is -1.59. The highest BCUT2D eigenvalue weighted by molar-refractivity contribution is 8.00. The van der Waals surface area contributed by atoms with Gasteiger partial charge in [0.2, 0.25) is 29.5 Å². The van der Waals surface area contributed by atoms with Crippen LogP contribution in [0.4, 0.5) is 0 Å². The van der Waals surface area contributed by atoms with Crippen molar-refractivity contribution in [1.82, 2.24) is 31.7 Å². The fourth-order valence-electron chi connectivity index (χ4n) is 5.66. The molecule has 21 nitrogen and oxygen atoms in total. The quantitative estimate of drug-likeness (QED) is 0.0182. The van der Waals surface area contributed by atoms with E-state index in [9.17, 15) is 47.1 Å². The zero-order valence-corrected chi connectivity index (χ0v) is 40.0. The number of carboxylic acids is 1. The number of aldehydes is 1. The Labute approximate surface area is 385 Å². The van der Waals surface area contributed by atoms with E-state index in [1.165, 1.54) is 11.8 Å².